The molecule has 1 aromatic heterocycles. The van der Waals surface area contributed by atoms with E-state index >= 15 is 0 Å². The SMILES string of the molecule is CC(C)CNCCCNCc1n[nH]c2c1CCC2. The predicted molar refractivity (Wildman–Crippen MR) is 74.6 cm³/mol. The van der Waals surface area contributed by atoms with Gasteiger partial charge in [-0.2, -0.15) is 5.10 Å². The lowest BCUT2D eigenvalue weighted by atomic mass is 10.2. The summed E-state index contributed by atoms with van der Waals surface area (Å²) in [5, 5.41) is 14.5. The Morgan fingerprint density at radius 2 is 2.06 bits per heavy atom. The lowest BCUT2D eigenvalue weighted by molar-refractivity contribution is 0.529. The van der Waals surface area contributed by atoms with Gasteiger partial charge < -0.3 is 10.6 Å². The molecule has 0 bridgehead atoms. The summed E-state index contributed by atoms with van der Waals surface area (Å²) in [6.07, 6.45) is 4.86. The molecular formula is C14H26N4. The van der Waals surface area contributed by atoms with Gasteiger partial charge in [0.15, 0.2) is 0 Å². The second-order valence-corrected chi connectivity index (χ2v) is 5.61. The van der Waals surface area contributed by atoms with Crippen LogP contribution in [-0.2, 0) is 19.4 Å². The van der Waals surface area contributed by atoms with E-state index in [1.165, 1.54) is 42.6 Å². The maximum absolute atomic E-state index is 4.39. The van der Waals surface area contributed by atoms with Crippen LogP contribution in [0.15, 0.2) is 0 Å². The van der Waals surface area contributed by atoms with Gasteiger partial charge in [0.2, 0.25) is 0 Å². The smallest absolute Gasteiger partial charge is 0.0794 e. The molecule has 0 saturated carbocycles. The van der Waals surface area contributed by atoms with Gasteiger partial charge >= 0.3 is 0 Å². The van der Waals surface area contributed by atoms with E-state index in [1.807, 2.05) is 0 Å². The number of aryl methyl sites for hydroxylation is 1. The molecule has 3 N–H and O–H groups in total. The van der Waals surface area contributed by atoms with Crippen LogP contribution in [0.25, 0.3) is 0 Å². The average molecular weight is 250 g/mol. The Morgan fingerprint density at radius 1 is 1.22 bits per heavy atom. The molecule has 0 aromatic carbocycles. The number of aromatic nitrogens is 2. The molecule has 0 unspecified atom stereocenters. The fraction of sp³-hybridized carbons (Fsp3) is 0.786. The van der Waals surface area contributed by atoms with Gasteiger partial charge in [0.1, 0.15) is 0 Å². The van der Waals surface area contributed by atoms with E-state index in [2.05, 4.69) is 34.7 Å². The topological polar surface area (TPSA) is 52.7 Å². The Morgan fingerprint density at radius 3 is 2.89 bits per heavy atom. The number of H-pyrrole nitrogens is 1. The van der Waals surface area contributed by atoms with Crippen molar-refractivity contribution in [3.8, 4) is 0 Å². The number of hydrogen-bond acceptors (Lipinski definition) is 3. The van der Waals surface area contributed by atoms with Crippen LogP contribution in [0, 0.1) is 5.92 Å². The third-order valence-corrected chi connectivity index (χ3v) is 3.44. The van der Waals surface area contributed by atoms with Gasteiger partial charge in [0.05, 0.1) is 5.69 Å². The summed E-state index contributed by atoms with van der Waals surface area (Å²) in [6, 6.07) is 0. The fourth-order valence-corrected chi connectivity index (χ4v) is 2.47. The first-order valence-corrected chi connectivity index (χ1v) is 7.24. The Hall–Kier alpha value is -0.870. The standard InChI is InChI=1S/C14H26N4/c1-11(2)9-15-7-4-8-16-10-14-12-5-3-6-13(12)17-18-14/h11,15-16H,3-10H2,1-2H3,(H,17,18). The molecule has 4 heteroatoms. The number of nitrogens with zero attached hydrogens (tertiary/aromatic N) is 1. The monoisotopic (exact) mass is 250 g/mol. The minimum absolute atomic E-state index is 0.740. The van der Waals surface area contributed by atoms with Crippen LogP contribution in [-0.4, -0.2) is 29.8 Å². The average Bonchev–Trinajstić information content (AvgIpc) is 2.91. The van der Waals surface area contributed by atoms with Crippen molar-refractivity contribution in [2.45, 2.75) is 46.1 Å². The van der Waals surface area contributed by atoms with Crippen molar-refractivity contribution >= 4 is 0 Å². The van der Waals surface area contributed by atoms with Crippen molar-refractivity contribution in [1.82, 2.24) is 20.8 Å². The number of hydrogen-bond donors (Lipinski definition) is 3. The van der Waals surface area contributed by atoms with Crippen molar-refractivity contribution in [3.63, 3.8) is 0 Å². The third kappa shape index (κ3) is 3.82. The van der Waals surface area contributed by atoms with Crippen LogP contribution in [0.2, 0.25) is 0 Å². The summed E-state index contributed by atoms with van der Waals surface area (Å²) in [7, 11) is 0. The minimum Gasteiger partial charge on any atom is -0.316 e. The van der Waals surface area contributed by atoms with E-state index < -0.39 is 0 Å². The maximum atomic E-state index is 4.39. The molecule has 0 amide bonds. The first kappa shape index (κ1) is 13.6. The minimum atomic E-state index is 0.740. The highest BCUT2D eigenvalue weighted by Gasteiger charge is 2.17. The molecule has 0 atom stereocenters. The van der Waals surface area contributed by atoms with Gasteiger partial charge in [0.25, 0.3) is 0 Å². The highest BCUT2D eigenvalue weighted by Crippen LogP contribution is 2.22. The zero-order valence-electron chi connectivity index (χ0n) is 11.7. The summed E-state index contributed by atoms with van der Waals surface area (Å²) in [4.78, 5) is 0. The number of nitrogens with one attached hydrogen (secondary N) is 3. The summed E-state index contributed by atoms with van der Waals surface area (Å²) >= 11 is 0. The zero-order valence-corrected chi connectivity index (χ0v) is 11.7. The van der Waals surface area contributed by atoms with Gasteiger partial charge in [-0.15, -0.1) is 0 Å². The zero-order chi connectivity index (χ0) is 12.8. The molecule has 1 aromatic rings. The van der Waals surface area contributed by atoms with Crippen LogP contribution in [0.4, 0.5) is 0 Å². The molecule has 2 rings (SSSR count). The summed E-state index contributed by atoms with van der Waals surface area (Å²) in [5.74, 6) is 0.740. The Kier molecular flexibility index (Phi) is 5.20. The van der Waals surface area contributed by atoms with Crippen LogP contribution < -0.4 is 10.6 Å². The molecule has 1 heterocycles. The van der Waals surface area contributed by atoms with Crippen molar-refractivity contribution in [1.29, 1.82) is 0 Å². The van der Waals surface area contributed by atoms with E-state index in [0.29, 0.717) is 0 Å². The molecule has 1 aliphatic carbocycles. The van der Waals surface area contributed by atoms with Crippen molar-refractivity contribution in [2.24, 2.45) is 5.92 Å². The highest BCUT2D eigenvalue weighted by molar-refractivity contribution is 5.29. The molecule has 4 nitrogen and oxygen atoms in total. The summed E-state index contributed by atoms with van der Waals surface area (Å²) in [5.41, 5.74) is 4.07. The fourth-order valence-electron chi connectivity index (χ4n) is 2.47. The maximum Gasteiger partial charge on any atom is 0.0794 e. The molecule has 0 spiro atoms. The van der Waals surface area contributed by atoms with Crippen molar-refractivity contribution in [3.05, 3.63) is 17.0 Å². The van der Waals surface area contributed by atoms with Crippen molar-refractivity contribution in [2.75, 3.05) is 19.6 Å². The molecule has 0 aliphatic heterocycles. The lowest BCUT2D eigenvalue weighted by Gasteiger charge is -2.07. The Labute approximate surface area is 110 Å². The molecular weight excluding hydrogens is 224 g/mol. The number of rotatable bonds is 8. The van der Waals surface area contributed by atoms with Gasteiger partial charge in [-0.25, -0.2) is 0 Å². The number of aromatic amines is 1. The first-order valence-electron chi connectivity index (χ1n) is 7.24. The first-order chi connectivity index (χ1) is 8.77. The lowest BCUT2D eigenvalue weighted by Crippen LogP contribution is -2.24. The van der Waals surface area contributed by atoms with E-state index in [-0.39, 0.29) is 0 Å². The molecule has 0 saturated heterocycles. The van der Waals surface area contributed by atoms with E-state index in [0.717, 1.165) is 32.1 Å². The largest absolute Gasteiger partial charge is 0.316 e. The van der Waals surface area contributed by atoms with Crippen LogP contribution in [0.3, 0.4) is 0 Å². The Balaban J connectivity index is 1.55. The van der Waals surface area contributed by atoms with Gasteiger partial charge in [-0.1, -0.05) is 13.8 Å². The normalized spacial score (nSPS) is 14.4. The summed E-state index contributed by atoms with van der Waals surface area (Å²) < 4.78 is 0. The van der Waals surface area contributed by atoms with E-state index in [4.69, 9.17) is 0 Å². The molecule has 0 fully saturated rings. The Bertz CT molecular complexity index is 357. The molecule has 102 valence electrons. The molecule has 0 radical (unpaired) electrons. The molecule has 18 heavy (non-hydrogen) atoms. The third-order valence-electron chi connectivity index (χ3n) is 3.44. The van der Waals surface area contributed by atoms with Crippen molar-refractivity contribution < 1.29 is 0 Å². The van der Waals surface area contributed by atoms with Crippen LogP contribution in [0.1, 0.15) is 43.6 Å². The van der Waals surface area contributed by atoms with Crippen LogP contribution in [0.5, 0.6) is 0 Å². The van der Waals surface area contributed by atoms with E-state index in [9.17, 15) is 0 Å². The second-order valence-electron chi connectivity index (χ2n) is 5.61. The quantitative estimate of drug-likeness (QED) is 0.615. The predicted octanol–water partition coefficient (Wildman–Crippen LogP) is 1.62. The van der Waals surface area contributed by atoms with Gasteiger partial charge in [-0.05, 0) is 56.8 Å². The summed E-state index contributed by atoms with van der Waals surface area (Å²) in [6.45, 7) is 8.67. The van der Waals surface area contributed by atoms with Gasteiger partial charge in [0, 0.05) is 12.2 Å². The van der Waals surface area contributed by atoms with E-state index in [1.54, 1.807) is 0 Å². The number of fused-ring (bicyclic) bond motifs is 1. The molecule has 1 aliphatic rings. The highest BCUT2D eigenvalue weighted by atomic mass is 15.1. The van der Waals surface area contributed by atoms with Gasteiger partial charge in [-0.3, -0.25) is 5.10 Å². The van der Waals surface area contributed by atoms with Crippen LogP contribution >= 0.6 is 0 Å². The second kappa shape index (κ2) is 6.90.